The van der Waals surface area contributed by atoms with Crippen molar-refractivity contribution in [1.82, 2.24) is 9.80 Å². The number of aryl methyl sites for hydroxylation is 2. The van der Waals surface area contributed by atoms with Crippen molar-refractivity contribution in [2.24, 2.45) is 0 Å². The first-order valence-corrected chi connectivity index (χ1v) is 9.51. The van der Waals surface area contributed by atoms with E-state index < -0.39 is 0 Å². The molecule has 0 amide bonds. The van der Waals surface area contributed by atoms with Crippen LogP contribution in [0, 0.1) is 13.8 Å². The third-order valence-electron chi connectivity index (χ3n) is 4.10. The van der Waals surface area contributed by atoms with Crippen LogP contribution in [0.15, 0.2) is 48.5 Å². The molecule has 4 nitrogen and oxygen atoms in total. The Morgan fingerprint density at radius 3 is 1.42 bits per heavy atom. The van der Waals surface area contributed by atoms with E-state index in [1.165, 1.54) is 11.1 Å². The van der Waals surface area contributed by atoms with Gasteiger partial charge in [0.2, 0.25) is 0 Å². The average Bonchev–Trinajstić information content (AvgIpc) is 3.00. The molecule has 1 aliphatic rings. The van der Waals surface area contributed by atoms with Crippen LogP contribution in [-0.2, 0) is 0 Å². The van der Waals surface area contributed by atoms with Gasteiger partial charge in [-0.15, -0.1) is 0 Å². The van der Waals surface area contributed by atoms with Crippen molar-refractivity contribution in [3.63, 3.8) is 0 Å². The fourth-order valence-electron chi connectivity index (χ4n) is 2.57. The highest BCUT2D eigenvalue weighted by molar-refractivity contribution is 7.82. The van der Waals surface area contributed by atoms with Crippen LogP contribution in [0.1, 0.15) is 11.1 Å². The lowest BCUT2D eigenvalue weighted by Crippen LogP contribution is -2.42. The zero-order valence-corrected chi connectivity index (χ0v) is 17.1. The van der Waals surface area contributed by atoms with Gasteiger partial charge < -0.3 is 10.6 Å². The van der Waals surface area contributed by atoms with E-state index in [4.69, 9.17) is 36.7 Å². The zero-order chi connectivity index (χ0) is 18.7. The Morgan fingerprint density at radius 2 is 1.08 bits per heavy atom. The minimum atomic E-state index is 0.583. The summed E-state index contributed by atoms with van der Waals surface area (Å²) in [6, 6.07) is 16.2. The first kappa shape index (κ1) is 18.7. The highest BCUT2D eigenvalue weighted by Gasteiger charge is 2.30. The van der Waals surface area contributed by atoms with Gasteiger partial charge in [0.05, 0.1) is 0 Å². The largest absolute Gasteiger partial charge is 0.332 e. The van der Waals surface area contributed by atoms with Gasteiger partial charge >= 0.3 is 0 Å². The Labute approximate surface area is 170 Å². The molecule has 0 aliphatic carbocycles. The molecule has 26 heavy (non-hydrogen) atoms. The van der Waals surface area contributed by atoms with E-state index in [9.17, 15) is 0 Å². The maximum Gasteiger partial charge on any atom is 0.184 e. The Morgan fingerprint density at radius 1 is 0.731 bits per heavy atom. The van der Waals surface area contributed by atoms with Crippen LogP contribution in [0.2, 0.25) is 0 Å². The van der Waals surface area contributed by atoms with E-state index in [0.717, 1.165) is 11.4 Å². The quantitative estimate of drug-likeness (QED) is 0.727. The van der Waals surface area contributed by atoms with Crippen LogP contribution in [0.4, 0.5) is 11.4 Å². The number of nitrogens with zero attached hydrogens (tertiary/aromatic N) is 2. The molecular formula is C19H20N4S3. The molecule has 3 rings (SSSR count). The van der Waals surface area contributed by atoms with E-state index in [0.29, 0.717) is 28.4 Å². The number of hydrogen-bond donors (Lipinski definition) is 2. The second-order valence-corrected chi connectivity index (χ2v) is 7.32. The summed E-state index contributed by atoms with van der Waals surface area (Å²) in [6.45, 7) is 5.51. The Balaban J connectivity index is 1.61. The van der Waals surface area contributed by atoms with Gasteiger partial charge in [-0.05, 0) is 74.8 Å². The number of anilines is 2. The average molecular weight is 401 g/mol. The van der Waals surface area contributed by atoms with Gasteiger partial charge in [-0.1, -0.05) is 35.4 Å². The molecule has 0 atom stereocenters. The van der Waals surface area contributed by atoms with Crippen LogP contribution in [-0.4, -0.2) is 38.2 Å². The number of hydrogen-bond acceptors (Lipinski definition) is 3. The second kappa shape index (κ2) is 8.07. The van der Waals surface area contributed by atoms with Gasteiger partial charge in [-0.25, -0.2) is 0 Å². The molecule has 2 aromatic rings. The summed E-state index contributed by atoms with van der Waals surface area (Å²) in [5.74, 6) is 0. The molecule has 0 radical (unpaired) electrons. The van der Waals surface area contributed by atoms with Crippen molar-refractivity contribution in [2.75, 3.05) is 23.7 Å². The van der Waals surface area contributed by atoms with Crippen LogP contribution in [0.3, 0.4) is 0 Å². The minimum absolute atomic E-state index is 0.583. The van der Waals surface area contributed by atoms with Crippen LogP contribution < -0.4 is 10.6 Å². The highest BCUT2D eigenvalue weighted by Crippen LogP contribution is 2.16. The van der Waals surface area contributed by atoms with Crippen molar-refractivity contribution >= 4 is 63.4 Å². The van der Waals surface area contributed by atoms with Crippen LogP contribution >= 0.6 is 36.7 Å². The maximum absolute atomic E-state index is 5.59. The van der Waals surface area contributed by atoms with E-state index in [1.54, 1.807) is 0 Å². The summed E-state index contributed by atoms with van der Waals surface area (Å²) < 4.78 is 0. The zero-order valence-electron chi connectivity index (χ0n) is 14.7. The predicted octanol–water partition coefficient (Wildman–Crippen LogP) is 4.30. The molecule has 7 heteroatoms. The Hall–Kier alpha value is -2.09. The van der Waals surface area contributed by atoms with Crippen molar-refractivity contribution in [3.05, 3.63) is 59.7 Å². The molecule has 2 N–H and O–H groups in total. The number of benzene rings is 2. The van der Waals surface area contributed by atoms with Gasteiger partial charge in [0.15, 0.2) is 15.3 Å². The van der Waals surface area contributed by atoms with Gasteiger partial charge in [-0.2, -0.15) is 0 Å². The van der Waals surface area contributed by atoms with Gasteiger partial charge in [0.25, 0.3) is 0 Å². The monoisotopic (exact) mass is 400 g/mol. The lowest BCUT2D eigenvalue weighted by atomic mass is 10.2. The van der Waals surface area contributed by atoms with Crippen molar-refractivity contribution in [3.8, 4) is 0 Å². The molecule has 0 bridgehead atoms. The maximum atomic E-state index is 5.59. The van der Waals surface area contributed by atoms with Crippen molar-refractivity contribution in [2.45, 2.75) is 13.8 Å². The molecule has 2 aromatic carbocycles. The normalized spacial score (nSPS) is 13.7. The molecule has 1 saturated heterocycles. The van der Waals surface area contributed by atoms with E-state index in [-0.39, 0.29) is 0 Å². The third-order valence-corrected chi connectivity index (χ3v) is 5.19. The fraction of sp³-hybridized carbons (Fsp3) is 0.211. The first-order chi connectivity index (χ1) is 12.4. The lowest BCUT2D eigenvalue weighted by molar-refractivity contribution is 0.660. The summed E-state index contributed by atoms with van der Waals surface area (Å²) in [5.41, 5.74) is 4.30. The highest BCUT2D eigenvalue weighted by atomic mass is 32.1. The standard InChI is InChI=1S/C19H20N4S3/c1-13-3-7-15(8-4-13)20-17(24)22-11-12-23(19(22)26)18(25)21-16-9-5-14(2)6-10-16/h3-10H,11-12H2,1-2H3,(H,20,24)(H,21,25). The Kier molecular flexibility index (Phi) is 5.80. The Bertz CT molecular complexity index is 761. The summed E-state index contributed by atoms with van der Waals surface area (Å²) in [6.07, 6.45) is 0. The summed E-state index contributed by atoms with van der Waals surface area (Å²) in [5, 5.41) is 8.25. The molecule has 0 unspecified atom stereocenters. The van der Waals surface area contributed by atoms with Gasteiger partial charge in [0, 0.05) is 24.5 Å². The van der Waals surface area contributed by atoms with Crippen molar-refractivity contribution in [1.29, 1.82) is 0 Å². The van der Waals surface area contributed by atoms with E-state index in [2.05, 4.69) is 24.5 Å². The second-order valence-electron chi connectivity index (χ2n) is 6.18. The molecule has 1 aliphatic heterocycles. The van der Waals surface area contributed by atoms with Gasteiger partial charge in [0.1, 0.15) is 0 Å². The molecule has 134 valence electrons. The smallest absolute Gasteiger partial charge is 0.184 e. The molecule has 0 saturated carbocycles. The van der Waals surface area contributed by atoms with Gasteiger partial charge in [-0.3, -0.25) is 9.80 Å². The minimum Gasteiger partial charge on any atom is -0.332 e. The first-order valence-electron chi connectivity index (χ1n) is 8.28. The third kappa shape index (κ3) is 4.35. The van der Waals surface area contributed by atoms with Crippen LogP contribution in [0.25, 0.3) is 0 Å². The number of thiocarbonyl (C=S) groups is 3. The van der Waals surface area contributed by atoms with E-state index >= 15 is 0 Å². The molecule has 1 heterocycles. The SMILES string of the molecule is Cc1ccc(NC(=S)N2CCN(C(=S)Nc3ccc(C)cc3)C2=S)cc1. The van der Waals surface area contributed by atoms with E-state index in [1.807, 2.05) is 58.3 Å². The fourth-order valence-corrected chi connectivity index (χ4v) is 3.64. The van der Waals surface area contributed by atoms with Crippen LogP contribution in [0.5, 0.6) is 0 Å². The topological polar surface area (TPSA) is 30.5 Å². The molecule has 1 fully saturated rings. The van der Waals surface area contributed by atoms with Crippen molar-refractivity contribution < 1.29 is 0 Å². The lowest BCUT2D eigenvalue weighted by Gasteiger charge is -2.23. The summed E-state index contributed by atoms with van der Waals surface area (Å²) in [4.78, 5) is 3.79. The predicted molar refractivity (Wildman–Crippen MR) is 121 cm³/mol. The summed E-state index contributed by atoms with van der Waals surface area (Å²) >= 11 is 16.6. The molecular weight excluding hydrogens is 380 g/mol. The molecule has 0 spiro atoms. The number of nitrogens with one attached hydrogen (secondary N) is 2. The summed E-state index contributed by atoms with van der Waals surface area (Å²) in [7, 11) is 0. The molecule has 0 aromatic heterocycles. The number of rotatable bonds is 2.